The van der Waals surface area contributed by atoms with Crippen molar-refractivity contribution in [2.75, 3.05) is 0 Å². The first-order valence-electron chi connectivity index (χ1n) is 4.77. The summed E-state index contributed by atoms with van der Waals surface area (Å²) in [5.41, 5.74) is 0. The quantitative estimate of drug-likeness (QED) is 0.394. The lowest BCUT2D eigenvalue weighted by atomic mass is 10.2. The highest BCUT2D eigenvalue weighted by atomic mass is 32.1. The summed E-state index contributed by atoms with van der Waals surface area (Å²) in [6, 6.07) is 16.6. The Labute approximate surface area is 96.8 Å². The molecule has 72 valence electrons. The van der Waals surface area contributed by atoms with Gasteiger partial charge in [0.1, 0.15) is 0 Å². The normalized spacial score (nSPS) is 10.9. The van der Waals surface area contributed by atoms with E-state index in [0.29, 0.717) is 0 Å². The Morgan fingerprint density at radius 1 is 0.733 bits per heavy atom. The van der Waals surface area contributed by atoms with E-state index in [2.05, 4.69) is 36.4 Å². The molecule has 0 N–H and O–H groups in total. The predicted molar refractivity (Wildman–Crippen MR) is 70.2 cm³/mol. The van der Waals surface area contributed by atoms with E-state index in [1.165, 1.54) is 20.2 Å². The Hall–Kier alpha value is -1.25. The van der Waals surface area contributed by atoms with Gasteiger partial charge in [0, 0.05) is 20.2 Å². The van der Waals surface area contributed by atoms with E-state index in [0.717, 1.165) is 4.51 Å². The summed E-state index contributed by atoms with van der Waals surface area (Å²) in [7, 11) is 0. The molecule has 15 heavy (non-hydrogen) atoms. The SMILES string of the molecule is S=c1c2ccccc2sc2ccccc12. The third-order valence-corrected chi connectivity index (χ3v) is 4.07. The summed E-state index contributed by atoms with van der Waals surface area (Å²) in [5.74, 6) is 0. The summed E-state index contributed by atoms with van der Waals surface area (Å²) in [4.78, 5) is 0. The van der Waals surface area contributed by atoms with Gasteiger partial charge in [-0.1, -0.05) is 48.6 Å². The van der Waals surface area contributed by atoms with E-state index in [4.69, 9.17) is 12.2 Å². The lowest BCUT2D eigenvalue weighted by Gasteiger charge is -2.01. The first kappa shape index (κ1) is 9.01. The molecule has 0 bridgehead atoms. The van der Waals surface area contributed by atoms with Crippen LogP contribution in [-0.4, -0.2) is 0 Å². The van der Waals surface area contributed by atoms with Gasteiger partial charge in [-0.15, -0.1) is 11.3 Å². The van der Waals surface area contributed by atoms with Crippen molar-refractivity contribution < 1.29 is 0 Å². The van der Waals surface area contributed by atoms with Crippen LogP contribution in [0.5, 0.6) is 0 Å². The highest BCUT2D eigenvalue weighted by molar-refractivity contribution is 7.72. The Balaban J connectivity index is 2.66. The molecule has 0 radical (unpaired) electrons. The Morgan fingerprint density at radius 3 is 1.73 bits per heavy atom. The maximum atomic E-state index is 5.50. The molecule has 0 aliphatic rings. The first-order valence-corrected chi connectivity index (χ1v) is 5.99. The third kappa shape index (κ3) is 1.37. The van der Waals surface area contributed by atoms with Crippen LogP contribution < -0.4 is 0 Å². The summed E-state index contributed by atoms with van der Waals surface area (Å²) < 4.78 is 3.50. The largest absolute Gasteiger partial charge is 0.135 e. The highest BCUT2D eigenvalue weighted by Crippen LogP contribution is 2.29. The van der Waals surface area contributed by atoms with Crippen LogP contribution >= 0.6 is 23.6 Å². The Kier molecular flexibility index (Phi) is 2.04. The van der Waals surface area contributed by atoms with Crippen molar-refractivity contribution in [2.24, 2.45) is 0 Å². The van der Waals surface area contributed by atoms with Crippen molar-refractivity contribution >= 4 is 43.7 Å². The van der Waals surface area contributed by atoms with Crippen LogP contribution in [-0.2, 0) is 0 Å². The molecular formula is C13H8S2. The van der Waals surface area contributed by atoms with E-state index in [-0.39, 0.29) is 0 Å². The van der Waals surface area contributed by atoms with Gasteiger partial charge < -0.3 is 0 Å². The maximum absolute atomic E-state index is 5.50. The zero-order valence-corrected chi connectivity index (χ0v) is 9.57. The zero-order valence-electron chi connectivity index (χ0n) is 7.94. The Bertz CT molecular complexity index is 638. The molecule has 0 unspecified atom stereocenters. The van der Waals surface area contributed by atoms with E-state index < -0.39 is 0 Å². The summed E-state index contributed by atoms with van der Waals surface area (Å²) >= 11 is 7.30. The molecule has 0 saturated heterocycles. The molecule has 0 amide bonds. The number of rotatable bonds is 0. The first-order chi connectivity index (χ1) is 7.36. The standard InChI is InChI=1S/C13H8S2/c14-13-9-5-1-3-7-11(9)15-12-8-4-2-6-10(12)13/h1-8H. The smallest absolute Gasteiger partial charge is 0.0550 e. The number of benzene rings is 2. The van der Waals surface area contributed by atoms with Gasteiger partial charge in [-0.3, -0.25) is 0 Å². The van der Waals surface area contributed by atoms with Crippen LogP contribution in [0.3, 0.4) is 0 Å². The second kappa shape index (κ2) is 3.40. The molecule has 1 heterocycles. The minimum Gasteiger partial charge on any atom is -0.135 e. The summed E-state index contributed by atoms with van der Waals surface area (Å²) in [6.07, 6.45) is 0. The molecule has 0 spiro atoms. The van der Waals surface area contributed by atoms with Gasteiger partial charge in [0.15, 0.2) is 0 Å². The van der Waals surface area contributed by atoms with Gasteiger partial charge in [-0.25, -0.2) is 0 Å². The predicted octanol–water partition coefficient (Wildman–Crippen LogP) is 4.78. The van der Waals surface area contributed by atoms with Gasteiger partial charge >= 0.3 is 0 Å². The van der Waals surface area contributed by atoms with E-state index in [1.54, 1.807) is 11.3 Å². The molecule has 3 rings (SSSR count). The van der Waals surface area contributed by atoms with Crippen molar-refractivity contribution in [3.8, 4) is 0 Å². The lowest BCUT2D eigenvalue weighted by Crippen LogP contribution is -1.74. The molecule has 0 aliphatic carbocycles. The minimum atomic E-state index is 0.972. The fourth-order valence-electron chi connectivity index (χ4n) is 1.75. The van der Waals surface area contributed by atoms with Gasteiger partial charge in [0.2, 0.25) is 0 Å². The molecule has 0 saturated carbocycles. The second-order valence-corrected chi connectivity index (χ2v) is 4.92. The van der Waals surface area contributed by atoms with Gasteiger partial charge in [-0.05, 0) is 12.1 Å². The third-order valence-electron chi connectivity index (χ3n) is 2.48. The Morgan fingerprint density at radius 2 is 1.20 bits per heavy atom. The number of hydrogen-bond acceptors (Lipinski definition) is 2. The molecule has 2 heteroatoms. The van der Waals surface area contributed by atoms with Gasteiger partial charge in [0.05, 0.1) is 4.51 Å². The average Bonchev–Trinajstić information content (AvgIpc) is 2.30. The highest BCUT2D eigenvalue weighted by Gasteiger charge is 2.00. The van der Waals surface area contributed by atoms with Crippen LogP contribution in [0, 0.1) is 4.51 Å². The minimum absolute atomic E-state index is 0.972. The van der Waals surface area contributed by atoms with Crippen LogP contribution in [0.2, 0.25) is 0 Å². The molecular weight excluding hydrogens is 220 g/mol. The van der Waals surface area contributed by atoms with E-state index in [9.17, 15) is 0 Å². The van der Waals surface area contributed by atoms with Gasteiger partial charge in [0.25, 0.3) is 0 Å². The topological polar surface area (TPSA) is 0 Å². The fraction of sp³-hybridized carbons (Fsp3) is 0. The molecule has 0 fully saturated rings. The number of hydrogen-bond donors (Lipinski definition) is 0. The monoisotopic (exact) mass is 228 g/mol. The summed E-state index contributed by atoms with van der Waals surface area (Å²) in [6.45, 7) is 0. The molecule has 3 aromatic rings. The number of fused-ring (bicyclic) bond motifs is 2. The molecule has 0 aliphatic heterocycles. The van der Waals surface area contributed by atoms with Crippen molar-refractivity contribution in [3.63, 3.8) is 0 Å². The van der Waals surface area contributed by atoms with Crippen molar-refractivity contribution in [1.82, 2.24) is 0 Å². The van der Waals surface area contributed by atoms with Crippen LogP contribution in [0.4, 0.5) is 0 Å². The second-order valence-electron chi connectivity index (χ2n) is 3.42. The average molecular weight is 228 g/mol. The molecule has 1 aromatic heterocycles. The molecule has 2 aromatic carbocycles. The van der Waals surface area contributed by atoms with Crippen molar-refractivity contribution in [1.29, 1.82) is 0 Å². The van der Waals surface area contributed by atoms with E-state index >= 15 is 0 Å². The molecule has 0 nitrogen and oxygen atoms in total. The molecule has 0 atom stereocenters. The van der Waals surface area contributed by atoms with Gasteiger partial charge in [-0.2, -0.15) is 0 Å². The van der Waals surface area contributed by atoms with Crippen LogP contribution in [0.1, 0.15) is 0 Å². The fourth-order valence-corrected chi connectivity index (χ4v) is 3.33. The lowest BCUT2D eigenvalue weighted by molar-refractivity contribution is 1.80. The zero-order chi connectivity index (χ0) is 10.3. The van der Waals surface area contributed by atoms with Crippen molar-refractivity contribution in [3.05, 3.63) is 53.0 Å². The summed E-state index contributed by atoms with van der Waals surface area (Å²) in [5, 5.41) is 2.38. The maximum Gasteiger partial charge on any atom is 0.0550 e. The van der Waals surface area contributed by atoms with Crippen LogP contribution in [0.25, 0.3) is 20.2 Å². The van der Waals surface area contributed by atoms with E-state index in [1.807, 2.05) is 12.1 Å². The van der Waals surface area contributed by atoms with Crippen molar-refractivity contribution in [2.45, 2.75) is 0 Å². The van der Waals surface area contributed by atoms with Crippen LogP contribution in [0.15, 0.2) is 48.5 Å².